The third-order valence-corrected chi connectivity index (χ3v) is 7.04. The highest BCUT2D eigenvalue weighted by Crippen LogP contribution is 2.46. The summed E-state index contributed by atoms with van der Waals surface area (Å²) in [5.74, 6) is 3.16. The summed E-state index contributed by atoms with van der Waals surface area (Å²) in [5.41, 5.74) is 2.81. The second-order valence-corrected chi connectivity index (χ2v) is 8.79. The van der Waals surface area contributed by atoms with Crippen LogP contribution in [-0.2, 0) is 13.0 Å². The summed E-state index contributed by atoms with van der Waals surface area (Å²) in [5, 5.41) is 4.85. The lowest BCUT2D eigenvalue weighted by Gasteiger charge is -2.37. The Balaban J connectivity index is 0.000000521. The highest BCUT2D eigenvalue weighted by atomic mass is 16.7. The van der Waals surface area contributed by atoms with E-state index in [1.165, 1.54) is 45.5 Å². The largest absolute Gasteiger partial charge is 0.493 e. The molecular formula is C30H43NO4. The molecule has 0 aliphatic carbocycles. The number of benzene rings is 3. The topological polar surface area (TPSA) is 40.2 Å². The molecule has 0 saturated carbocycles. The number of likely N-dealkylation sites (N-methyl/N-ethyl adjacent to an activating group) is 1. The Morgan fingerprint density at radius 3 is 1.80 bits per heavy atom. The lowest BCUT2D eigenvalue weighted by molar-refractivity contribution is 0.174. The van der Waals surface area contributed by atoms with E-state index >= 15 is 0 Å². The van der Waals surface area contributed by atoms with Crippen LogP contribution in [0.2, 0.25) is 0 Å². The molecule has 0 amide bonds. The van der Waals surface area contributed by atoms with Crippen molar-refractivity contribution in [2.24, 2.45) is 0 Å². The number of methoxy groups -OCH3 is 2. The van der Waals surface area contributed by atoms with Crippen LogP contribution in [0, 0.1) is 0 Å². The van der Waals surface area contributed by atoms with Crippen LogP contribution >= 0.6 is 0 Å². The van der Waals surface area contributed by atoms with Gasteiger partial charge in [0.1, 0.15) is 0 Å². The first kappa shape index (κ1) is 26.9. The van der Waals surface area contributed by atoms with Gasteiger partial charge >= 0.3 is 0 Å². The summed E-state index contributed by atoms with van der Waals surface area (Å²) in [6, 6.07) is 9.08. The zero-order chi connectivity index (χ0) is 25.5. The summed E-state index contributed by atoms with van der Waals surface area (Å²) < 4.78 is 22.6. The van der Waals surface area contributed by atoms with E-state index in [0.717, 1.165) is 48.9 Å². The van der Waals surface area contributed by atoms with Crippen molar-refractivity contribution < 1.29 is 18.9 Å². The molecule has 2 heterocycles. The first-order valence-corrected chi connectivity index (χ1v) is 13.3. The van der Waals surface area contributed by atoms with Crippen molar-refractivity contribution in [3.63, 3.8) is 0 Å². The minimum absolute atomic E-state index is 0.280. The van der Waals surface area contributed by atoms with Gasteiger partial charge in [0.25, 0.3) is 0 Å². The molecule has 1 unspecified atom stereocenters. The van der Waals surface area contributed by atoms with E-state index < -0.39 is 0 Å². The maximum Gasteiger partial charge on any atom is 0.231 e. The molecule has 0 bridgehead atoms. The first-order chi connectivity index (χ1) is 17.1. The van der Waals surface area contributed by atoms with Crippen molar-refractivity contribution in [3.8, 4) is 23.0 Å². The molecule has 0 N–H and O–H groups in total. The average Bonchev–Trinajstić information content (AvgIpc) is 3.39. The van der Waals surface area contributed by atoms with Gasteiger partial charge in [-0.1, -0.05) is 54.4 Å². The van der Waals surface area contributed by atoms with Crippen LogP contribution in [0.5, 0.6) is 23.0 Å². The normalized spacial score (nSPS) is 16.2. The van der Waals surface area contributed by atoms with E-state index in [1.807, 2.05) is 13.8 Å². The minimum atomic E-state index is 0.280. The van der Waals surface area contributed by atoms with Gasteiger partial charge in [0.2, 0.25) is 6.79 Å². The molecule has 0 saturated heterocycles. The fourth-order valence-corrected chi connectivity index (χ4v) is 4.97. The molecule has 3 aromatic rings. The van der Waals surface area contributed by atoms with E-state index in [4.69, 9.17) is 18.9 Å². The number of rotatable bonds is 5. The number of hydrogen-bond acceptors (Lipinski definition) is 5. The Morgan fingerprint density at radius 1 is 0.771 bits per heavy atom. The van der Waals surface area contributed by atoms with Gasteiger partial charge in [0, 0.05) is 12.6 Å². The molecule has 0 fully saturated rings. The zero-order valence-electron chi connectivity index (χ0n) is 22.9. The number of ether oxygens (including phenoxy) is 4. The quantitative estimate of drug-likeness (QED) is 0.349. The van der Waals surface area contributed by atoms with Crippen molar-refractivity contribution in [2.45, 2.75) is 79.8 Å². The Bertz CT molecular complexity index is 1140. The van der Waals surface area contributed by atoms with Gasteiger partial charge in [-0.05, 0) is 76.3 Å². The van der Waals surface area contributed by atoms with E-state index in [1.54, 1.807) is 14.2 Å². The molecule has 2 aliphatic rings. The molecular weight excluding hydrogens is 438 g/mol. The third kappa shape index (κ3) is 5.16. The van der Waals surface area contributed by atoms with Crippen LogP contribution in [0.25, 0.3) is 21.5 Å². The van der Waals surface area contributed by atoms with Crippen LogP contribution in [0.1, 0.15) is 71.9 Å². The zero-order valence-corrected chi connectivity index (χ0v) is 22.9. The highest BCUT2D eigenvalue weighted by Gasteiger charge is 2.29. The maximum atomic E-state index is 5.71. The molecule has 0 spiro atoms. The minimum Gasteiger partial charge on any atom is -0.493 e. The second kappa shape index (κ2) is 12.3. The molecule has 192 valence electrons. The Hall–Kier alpha value is -2.66. The van der Waals surface area contributed by atoms with Gasteiger partial charge in [-0.15, -0.1) is 0 Å². The Kier molecular flexibility index (Phi) is 9.50. The molecule has 5 rings (SSSR count). The molecule has 35 heavy (non-hydrogen) atoms. The van der Waals surface area contributed by atoms with E-state index in [2.05, 4.69) is 56.9 Å². The van der Waals surface area contributed by atoms with Crippen LogP contribution in [-0.4, -0.2) is 38.5 Å². The van der Waals surface area contributed by atoms with Crippen molar-refractivity contribution >= 4 is 21.5 Å². The highest BCUT2D eigenvalue weighted by molar-refractivity contribution is 6.13. The van der Waals surface area contributed by atoms with Crippen LogP contribution in [0.4, 0.5) is 0 Å². The SMILES string of the molecule is CC.CCC1Cc2c(c3cc4c(cc3c3cc(OC)c(OC)cc23)OCO4)CN1CC.CCCC. The van der Waals surface area contributed by atoms with Crippen LogP contribution in [0.3, 0.4) is 0 Å². The molecule has 0 radical (unpaired) electrons. The molecule has 3 aromatic carbocycles. The summed E-state index contributed by atoms with van der Waals surface area (Å²) in [4.78, 5) is 2.58. The van der Waals surface area contributed by atoms with Crippen molar-refractivity contribution in [1.29, 1.82) is 0 Å². The maximum absolute atomic E-state index is 5.71. The monoisotopic (exact) mass is 481 g/mol. The predicted octanol–water partition coefficient (Wildman–Crippen LogP) is 7.73. The molecule has 1 atom stereocenters. The second-order valence-electron chi connectivity index (χ2n) is 8.79. The molecule has 5 nitrogen and oxygen atoms in total. The number of nitrogens with zero attached hydrogens (tertiary/aromatic N) is 1. The van der Waals surface area contributed by atoms with Crippen molar-refractivity contribution in [2.75, 3.05) is 27.6 Å². The van der Waals surface area contributed by atoms with Gasteiger partial charge < -0.3 is 18.9 Å². The first-order valence-electron chi connectivity index (χ1n) is 13.3. The van der Waals surface area contributed by atoms with Gasteiger partial charge in [-0.25, -0.2) is 0 Å². The molecule has 5 heteroatoms. The molecule has 0 aromatic heterocycles. The molecule has 2 aliphatic heterocycles. The lowest BCUT2D eigenvalue weighted by Crippen LogP contribution is -2.39. The van der Waals surface area contributed by atoms with Gasteiger partial charge in [-0.3, -0.25) is 4.90 Å². The lowest BCUT2D eigenvalue weighted by atomic mass is 9.84. The standard InChI is InChI=1S/C24H27NO4.C4H10.C2H6/c1-5-14-7-15-16-8-21(26-3)22(27-4)9-17(16)18-10-23-24(29-13-28-23)11-19(18)20(15)12-25(14)6-2;1-3-4-2;1-2/h8-11,14H,5-7,12-13H2,1-4H3;3-4H2,1-2H3;1-2H3. The van der Waals surface area contributed by atoms with Crippen LogP contribution < -0.4 is 18.9 Å². The Morgan fingerprint density at radius 2 is 1.29 bits per heavy atom. The number of hydrogen-bond donors (Lipinski definition) is 0. The fraction of sp³-hybridized carbons (Fsp3) is 0.533. The summed E-state index contributed by atoms with van der Waals surface area (Å²) in [7, 11) is 3.38. The summed E-state index contributed by atoms with van der Waals surface area (Å²) in [6.45, 7) is 15.2. The smallest absolute Gasteiger partial charge is 0.231 e. The van der Waals surface area contributed by atoms with Gasteiger partial charge in [0.15, 0.2) is 23.0 Å². The van der Waals surface area contributed by atoms with Crippen molar-refractivity contribution in [3.05, 3.63) is 35.4 Å². The fourth-order valence-electron chi connectivity index (χ4n) is 4.97. The average molecular weight is 482 g/mol. The van der Waals surface area contributed by atoms with E-state index in [9.17, 15) is 0 Å². The number of fused-ring (bicyclic) bond motifs is 7. The third-order valence-electron chi connectivity index (χ3n) is 7.04. The predicted molar refractivity (Wildman–Crippen MR) is 146 cm³/mol. The van der Waals surface area contributed by atoms with Crippen LogP contribution in [0.15, 0.2) is 24.3 Å². The van der Waals surface area contributed by atoms with E-state index in [0.29, 0.717) is 6.04 Å². The van der Waals surface area contributed by atoms with Gasteiger partial charge in [0.05, 0.1) is 14.2 Å². The number of unbranched alkanes of at least 4 members (excludes halogenated alkanes) is 1. The Labute approximate surface area is 211 Å². The van der Waals surface area contributed by atoms with Crippen molar-refractivity contribution in [1.82, 2.24) is 4.90 Å². The van der Waals surface area contributed by atoms with E-state index in [-0.39, 0.29) is 6.79 Å². The van der Waals surface area contributed by atoms with Gasteiger partial charge in [-0.2, -0.15) is 0 Å². The summed E-state index contributed by atoms with van der Waals surface area (Å²) in [6.07, 6.45) is 4.82. The summed E-state index contributed by atoms with van der Waals surface area (Å²) >= 11 is 0.